The Morgan fingerprint density at radius 1 is 1.05 bits per heavy atom. The molecule has 0 fully saturated rings. The van der Waals surface area contributed by atoms with E-state index in [4.69, 9.17) is 4.74 Å². The number of hydrogen-bond acceptors (Lipinski definition) is 2. The normalized spacial score (nSPS) is 17.4. The lowest BCUT2D eigenvalue weighted by Gasteiger charge is -2.20. The first-order chi connectivity index (χ1) is 9.62. The molecule has 0 aromatic heterocycles. The lowest BCUT2D eigenvalue weighted by molar-refractivity contribution is 0.291. The second kappa shape index (κ2) is 4.95. The molecule has 0 radical (unpaired) electrons. The highest BCUT2D eigenvalue weighted by Gasteiger charge is 2.32. The van der Waals surface area contributed by atoms with Gasteiger partial charge in [0.05, 0.1) is 12.6 Å². The zero-order valence-corrected chi connectivity index (χ0v) is 12.3. The van der Waals surface area contributed by atoms with Crippen LogP contribution in [0.5, 0.6) is 5.75 Å². The smallest absolute Gasteiger partial charge is 0.123 e. The van der Waals surface area contributed by atoms with Crippen molar-refractivity contribution in [2.24, 2.45) is 0 Å². The molecule has 0 saturated carbocycles. The monoisotopic (exact) mass is 267 g/mol. The molecule has 1 aliphatic rings. The van der Waals surface area contributed by atoms with E-state index in [1.165, 1.54) is 16.7 Å². The summed E-state index contributed by atoms with van der Waals surface area (Å²) in [5.74, 6) is 1.03. The standard InChI is InChI=1S/C18H21NO/c1-18(2)12-20-16-10-9-14(11-15(16)18)17(19-3)13-7-5-4-6-8-13/h4-11,17,19H,12H2,1-3H3. The summed E-state index contributed by atoms with van der Waals surface area (Å²) in [6, 6.07) is 17.3. The molecule has 2 nitrogen and oxygen atoms in total. The first kappa shape index (κ1) is 13.2. The van der Waals surface area contributed by atoms with Gasteiger partial charge in [-0.3, -0.25) is 0 Å². The number of fused-ring (bicyclic) bond motifs is 1. The van der Waals surface area contributed by atoms with Gasteiger partial charge in [0.25, 0.3) is 0 Å². The van der Waals surface area contributed by atoms with Crippen molar-refractivity contribution in [1.82, 2.24) is 5.32 Å². The summed E-state index contributed by atoms with van der Waals surface area (Å²) in [6.07, 6.45) is 0. The minimum absolute atomic E-state index is 0.0975. The molecule has 1 atom stereocenters. The first-order valence-corrected chi connectivity index (χ1v) is 7.11. The minimum Gasteiger partial charge on any atom is -0.492 e. The minimum atomic E-state index is 0.0975. The third-order valence-corrected chi connectivity index (χ3v) is 4.08. The molecule has 3 rings (SSSR count). The van der Waals surface area contributed by atoms with Crippen LogP contribution < -0.4 is 10.1 Å². The van der Waals surface area contributed by atoms with Crippen molar-refractivity contribution in [2.75, 3.05) is 13.7 Å². The second-order valence-electron chi connectivity index (χ2n) is 6.06. The topological polar surface area (TPSA) is 21.3 Å². The summed E-state index contributed by atoms with van der Waals surface area (Å²) >= 11 is 0. The number of hydrogen-bond donors (Lipinski definition) is 1. The highest BCUT2D eigenvalue weighted by Crippen LogP contribution is 2.40. The number of nitrogens with one attached hydrogen (secondary N) is 1. The average Bonchev–Trinajstić information content (AvgIpc) is 2.77. The Morgan fingerprint density at radius 2 is 1.80 bits per heavy atom. The van der Waals surface area contributed by atoms with E-state index in [1.54, 1.807) is 0 Å². The SMILES string of the molecule is CNC(c1ccccc1)c1ccc2c(c1)C(C)(C)CO2. The molecule has 20 heavy (non-hydrogen) atoms. The quantitative estimate of drug-likeness (QED) is 0.916. The number of benzene rings is 2. The Kier molecular flexibility index (Phi) is 3.27. The Balaban J connectivity index is 2.02. The molecule has 0 bridgehead atoms. The summed E-state index contributed by atoms with van der Waals surface area (Å²) in [5, 5.41) is 3.41. The van der Waals surface area contributed by atoms with Gasteiger partial charge in [-0.05, 0) is 30.3 Å². The zero-order chi connectivity index (χ0) is 14.2. The molecule has 1 heterocycles. The summed E-state index contributed by atoms with van der Waals surface area (Å²) < 4.78 is 5.77. The van der Waals surface area contributed by atoms with Crippen molar-refractivity contribution in [3.8, 4) is 5.75 Å². The van der Waals surface area contributed by atoms with E-state index in [-0.39, 0.29) is 11.5 Å². The lowest BCUT2D eigenvalue weighted by Crippen LogP contribution is -2.20. The van der Waals surface area contributed by atoms with Gasteiger partial charge in [0.15, 0.2) is 0 Å². The van der Waals surface area contributed by atoms with Crippen molar-refractivity contribution < 1.29 is 4.74 Å². The number of rotatable bonds is 3. The fourth-order valence-corrected chi connectivity index (χ4v) is 2.89. The first-order valence-electron chi connectivity index (χ1n) is 7.11. The summed E-state index contributed by atoms with van der Waals surface area (Å²) in [4.78, 5) is 0. The van der Waals surface area contributed by atoms with Gasteiger partial charge in [-0.15, -0.1) is 0 Å². The highest BCUT2D eigenvalue weighted by molar-refractivity contribution is 5.47. The molecule has 0 aliphatic carbocycles. The molecular formula is C18H21NO. The fraction of sp³-hybridized carbons (Fsp3) is 0.333. The molecule has 104 valence electrons. The van der Waals surface area contributed by atoms with Gasteiger partial charge in [0.2, 0.25) is 0 Å². The van der Waals surface area contributed by atoms with Gasteiger partial charge in [-0.25, -0.2) is 0 Å². The van der Waals surface area contributed by atoms with Gasteiger partial charge in [-0.1, -0.05) is 50.2 Å². The Labute approximate surface area is 120 Å². The second-order valence-corrected chi connectivity index (χ2v) is 6.06. The van der Waals surface area contributed by atoms with Gasteiger partial charge >= 0.3 is 0 Å². The van der Waals surface area contributed by atoms with Crippen molar-refractivity contribution in [1.29, 1.82) is 0 Å². The largest absolute Gasteiger partial charge is 0.492 e. The van der Waals surface area contributed by atoms with Crippen molar-refractivity contribution in [3.63, 3.8) is 0 Å². The summed E-state index contributed by atoms with van der Waals surface area (Å²) in [5.41, 5.74) is 3.98. The van der Waals surface area contributed by atoms with E-state index in [1.807, 2.05) is 7.05 Å². The molecule has 0 amide bonds. The maximum atomic E-state index is 5.77. The zero-order valence-electron chi connectivity index (χ0n) is 12.3. The van der Waals surface area contributed by atoms with E-state index >= 15 is 0 Å². The fourth-order valence-electron chi connectivity index (χ4n) is 2.89. The van der Waals surface area contributed by atoms with E-state index < -0.39 is 0 Å². The highest BCUT2D eigenvalue weighted by atomic mass is 16.5. The van der Waals surface area contributed by atoms with Crippen LogP contribution in [0.2, 0.25) is 0 Å². The number of ether oxygens (including phenoxy) is 1. The molecule has 1 unspecified atom stereocenters. The van der Waals surface area contributed by atoms with Crippen molar-refractivity contribution in [3.05, 3.63) is 65.2 Å². The van der Waals surface area contributed by atoms with Crippen LogP contribution in [-0.2, 0) is 5.41 Å². The van der Waals surface area contributed by atoms with Gasteiger partial charge < -0.3 is 10.1 Å². The molecule has 0 saturated heterocycles. The molecule has 2 aromatic rings. The van der Waals surface area contributed by atoms with Gasteiger partial charge in [-0.2, -0.15) is 0 Å². The molecule has 1 N–H and O–H groups in total. The molecule has 2 aromatic carbocycles. The predicted molar refractivity (Wildman–Crippen MR) is 82.3 cm³/mol. The predicted octanol–water partition coefficient (Wildman–Crippen LogP) is 3.67. The molecular weight excluding hydrogens is 246 g/mol. The van der Waals surface area contributed by atoms with Crippen molar-refractivity contribution in [2.45, 2.75) is 25.3 Å². The lowest BCUT2D eigenvalue weighted by atomic mass is 9.85. The van der Waals surface area contributed by atoms with Crippen LogP contribution in [0, 0.1) is 0 Å². The van der Waals surface area contributed by atoms with E-state index in [0.717, 1.165) is 12.4 Å². The summed E-state index contributed by atoms with van der Waals surface area (Å²) in [6.45, 7) is 5.24. The van der Waals surface area contributed by atoms with Gasteiger partial charge in [0, 0.05) is 11.0 Å². The van der Waals surface area contributed by atoms with Gasteiger partial charge in [0.1, 0.15) is 5.75 Å². The van der Waals surface area contributed by atoms with Crippen LogP contribution in [0.25, 0.3) is 0 Å². The Hall–Kier alpha value is -1.80. The van der Waals surface area contributed by atoms with Crippen LogP contribution in [0.4, 0.5) is 0 Å². The van der Waals surface area contributed by atoms with Crippen LogP contribution in [0.1, 0.15) is 36.6 Å². The molecule has 0 spiro atoms. The summed E-state index contributed by atoms with van der Waals surface area (Å²) in [7, 11) is 2.01. The Bertz CT molecular complexity index is 604. The third kappa shape index (κ3) is 2.20. The molecule has 2 heteroatoms. The third-order valence-electron chi connectivity index (χ3n) is 4.08. The van der Waals surface area contributed by atoms with E-state index in [2.05, 4.69) is 67.7 Å². The average molecular weight is 267 g/mol. The van der Waals surface area contributed by atoms with E-state index in [9.17, 15) is 0 Å². The maximum absolute atomic E-state index is 5.77. The van der Waals surface area contributed by atoms with Crippen LogP contribution in [0.3, 0.4) is 0 Å². The van der Waals surface area contributed by atoms with Crippen molar-refractivity contribution >= 4 is 0 Å². The maximum Gasteiger partial charge on any atom is 0.123 e. The van der Waals surface area contributed by atoms with E-state index in [0.29, 0.717) is 0 Å². The van der Waals surface area contributed by atoms with Crippen LogP contribution in [-0.4, -0.2) is 13.7 Å². The van der Waals surface area contributed by atoms with Crippen LogP contribution >= 0.6 is 0 Å². The Morgan fingerprint density at radius 3 is 2.50 bits per heavy atom. The van der Waals surface area contributed by atoms with Crippen LogP contribution in [0.15, 0.2) is 48.5 Å². The molecule has 1 aliphatic heterocycles.